The largest absolute Gasteiger partial charge is 0.466 e. The number of rotatable bonds is 9. The molecule has 1 amide bonds. The van der Waals surface area contributed by atoms with Gasteiger partial charge >= 0.3 is 5.97 Å². The number of esters is 1. The van der Waals surface area contributed by atoms with Gasteiger partial charge in [-0.1, -0.05) is 26.0 Å². The molecule has 0 bridgehead atoms. The van der Waals surface area contributed by atoms with Gasteiger partial charge in [0.25, 0.3) is 5.91 Å². The lowest BCUT2D eigenvalue weighted by Gasteiger charge is -2.19. The van der Waals surface area contributed by atoms with Gasteiger partial charge in [-0.2, -0.15) is 0 Å². The van der Waals surface area contributed by atoms with Crippen molar-refractivity contribution in [2.75, 3.05) is 33.3 Å². The molecule has 0 aliphatic rings. The molecule has 5 nitrogen and oxygen atoms in total. The van der Waals surface area contributed by atoms with Crippen LogP contribution < -0.4 is 0 Å². The summed E-state index contributed by atoms with van der Waals surface area (Å²) in [6, 6.07) is 7.68. The maximum absolute atomic E-state index is 12.3. The normalized spacial score (nSPS) is 10.7. The van der Waals surface area contributed by atoms with E-state index in [4.69, 9.17) is 4.74 Å². The fourth-order valence-electron chi connectivity index (χ4n) is 2.27. The Morgan fingerprint density at radius 1 is 1.04 bits per heavy atom. The molecule has 0 atom stereocenters. The summed E-state index contributed by atoms with van der Waals surface area (Å²) in [6.07, 6.45) is 0.218. The van der Waals surface area contributed by atoms with Crippen molar-refractivity contribution < 1.29 is 14.3 Å². The minimum absolute atomic E-state index is 0.0799. The highest BCUT2D eigenvalue weighted by Gasteiger charge is 2.13. The van der Waals surface area contributed by atoms with Gasteiger partial charge in [-0.3, -0.25) is 14.5 Å². The van der Waals surface area contributed by atoms with Crippen molar-refractivity contribution in [2.24, 2.45) is 0 Å². The highest BCUT2D eigenvalue weighted by molar-refractivity contribution is 5.94. The van der Waals surface area contributed by atoms with E-state index in [9.17, 15) is 9.59 Å². The highest BCUT2D eigenvalue weighted by Crippen LogP contribution is 2.10. The Morgan fingerprint density at radius 3 is 2.17 bits per heavy atom. The molecule has 5 heteroatoms. The monoisotopic (exact) mass is 320 g/mol. The Morgan fingerprint density at radius 2 is 1.65 bits per heavy atom. The predicted molar refractivity (Wildman–Crippen MR) is 91.3 cm³/mol. The molecular weight excluding hydrogens is 292 g/mol. The van der Waals surface area contributed by atoms with E-state index < -0.39 is 0 Å². The summed E-state index contributed by atoms with van der Waals surface area (Å²) in [6.45, 7) is 9.68. The van der Waals surface area contributed by atoms with Crippen LogP contribution in [0, 0.1) is 0 Å². The van der Waals surface area contributed by atoms with Crippen LogP contribution >= 0.6 is 0 Å². The number of ether oxygens (including phenoxy) is 1. The van der Waals surface area contributed by atoms with Gasteiger partial charge in [-0.05, 0) is 37.7 Å². The van der Waals surface area contributed by atoms with E-state index >= 15 is 0 Å². The van der Waals surface area contributed by atoms with Gasteiger partial charge in [0.1, 0.15) is 0 Å². The van der Waals surface area contributed by atoms with Crippen LogP contribution in [0.25, 0.3) is 0 Å². The third-order valence-corrected chi connectivity index (χ3v) is 3.80. The summed E-state index contributed by atoms with van der Waals surface area (Å²) in [5.74, 6) is -0.356. The predicted octanol–water partition coefficient (Wildman–Crippen LogP) is 2.55. The van der Waals surface area contributed by atoms with E-state index in [-0.39, 0.29) is 18.3 Å². The number of benzene rings is 1. The Hall–Kier alpha value is -1.88. The average molecular weight is 320 g/mol. The minimum atomic E-state index is -0.276. The fraction of sp³-hybridized carbons (Fsp3) is 0.556. The molecule has 1 aromatic rings. The second kappa shape index (κ2) is 10.0. The SMILES string of the molecule is CCOC(=O)CCN(C)C(=O)c1ccc(CN(CC)CC)cc1. The topological polar surface area (TPSA) is 49.9 Å². The van der Waals surface area contributed by atoms with E-state index in [0.29, 0.717) is 18.7 Å². The van der Waals surface area contributed by atoms with Gasteiger partial charge in [0.2, 0.25) is 0 Å². The second-order valence-corrected chi connectivity index (χ2v) is 5.44. The Balaban J connectivity index is 2.57. The van der Waals surface area contributed by atoms with Crippen molar-refractivity contribution in [1.82, 2.24) is 9.80 Å². The molecule has 128 valence electrons. The first-order valence-electron chi connectivity index (χ1n) is 8.24. The quantitative estimate of drug-likeness (QED) is 0.656. The zero-order chi connectivity index (χ0) is 17.2. The number of hydrogen-bond donors (Lipinski definition) is 0. The van der Waals surface area contributed by atoms with Crippen molar-refractivity contribution in [1.29, 1.82) is 0 Å². The van der Waals surface area contributed by atoms with Crippen LogP contribution in [0.2, 0.25) is 0 Å². The van der Waals surface area contributed by atoms with Crippen LogP contribution in [-0.2, 0) is 16.1 Å². The molecule has 1 aromatic carbocycles. The van der Waals surface area contributed by atoms with E-state index in [1.165, 1.54) is 5.56 Å². The third kappa shape index (κ3) is 6.40. The fourth-order valence-corrected chi connectivity index (χ4v) is 2.27. The van der Waals surface area contributed by atoms with E-state index in [1.54, 1.807) is 18.9 Å². The summed E-state index contributed by atoms with van der Waals surface area (Å²) < 4.78 is 4.87. The first-order valence-corrected chi connectivity index (χ1v) is 8.24. The van der Waals surface area contributed by atoms with Crippen LogP contribution in [0.3, 0.4) is 0 Å². The lowest BCUT2D eigenvalue weighted by atomic mass is 10.1. The van der Waals surface area contributed by atoms with Gasteiger partial charge in [0.05, 0.1) is 13.0 Å². The molecule has 0 aromatic heterocycles. The van der Waals surface area contributed by atoms with Gasteiger partial charge in [0.15, 0.2) is 0 Å². The Labute approximate surface area is 139 Å². The maximum Gasteiger partial charge on any atom is 0.307 e. The summed E-state index contributed by atoms with van der Waals surface area (Å²) in [4.78, 5) is 27.5. The number of nitrogens with zero attached hydrogens (tertiary/aromatic N) is 2. The second-order valence-electron chi connectivity index (χ2n) is 5.44. The summed E-state index contributed by atoms with van der Waals surface area (Å²) in [7, 11) is 1.70. The molecule has 23 heavy (non-hydrogen) atoms. The molecule has 0 aliphatic carbocycles. The Kier molecular flexibility index (Phi) is 8.33. The van der Waals surface area contributed by atoms with E-state index in [2.05, 4.69) is 18.7 Å². The summed E-state index contributed by atoms with van der Waals surface area (Å²) >= 11 is 0. The van der Waals surface area contributed by atoms with Crippen LogP contribution in [0.5, 0.6) is 0 Å². The molecule has 0 fully saturated rings. The van der Waals surface area contributed by atoms with Crippen molar-refractivity contribution in [3.63, 3.8) is 0 Å². The molecule has 0 radical (unpaired) electrons. The van der Waals surface area contributed by atoms with Gasteiger partial charge in [-0.15, -0.1) is 0 Å². The number of carbonyl (C=O) groups excluding carboxylic acids is 2. The van der Waals surface area contributed by atoms with E-state index in [0.717, 1.165) is 19.6 Å². The molecule has 0 unspecified atom stereocenters. The molecule has 0 spiro atoms. The number of hydrogen-bond acceptors (Lipinski definition) is 4. The summed E-state index contributed by atoms with van der Waals surface area (Å²) in [5.41, 5.74) is 1.83. The molecule has 0 aliphatic heterocycles. The van der Waals surface area contributed by atoms with Crippen LogP contribution in [0.4, 0.5) is 0 Å². The van der Waals surface area contributed by atoms with Crippen molar-refractivity contribution in [2.45, 2.75) is 33.7 Å². The standard InChI is InChI=1S/C18H28N2O3/c1-5-20(6-2)14-15-8-10-16(11-9-15)18(22)19(4)13-12-17(21)23-7-3/h8-11H,5-7,12-14H2,1-4H3. The zero-order valence-corrected chi connectivity index (χ0v) is 14.7. The molecule has 1 rings (SSSR count). The van der Waals surface area contributed by atoms with Crippen LogP contribution in [0.15, 0.2) is 24.3 Å². The van der Waals surface area contributed by atoms with Crippen LogP contribution in [-0.4, -0.2) is 55.0 Å². The lowest BCUT2D eigenvalue weighted by Crippen LogP contribution is -2.29. The lowest BCUT2D eigenvalue weighted by molar-refractivity contribution is -0.143. The van der Waals surface area contributed by atoms with Gasteiger partial charge < -0.3 is 9.64 Å². The highest BCUT2D eigenvalue weighted by atomic mass is 16.5. The summed E-state index contributed by atoms with van der Waals surface area (Å²) in [5, 5.41) is 0. The minimum Gasteiger partial charge on any atom is -0.466 e. The molecule has 0 N–H and O–H groups in total. The van der Waals surface area contributed by atoms with Crippen molar-refractivity contribution in [3.8, 4) is 0 Å². The maximum atomic E-state index is 12.3. The van der Waals surface area contributed by atoms with Crippen LogP contribution in [0.1, 0.15) is 43.1 Å². The first kappa shape index (κ1) is 19.2. The average Bonchev–Trinajstić information content (AvgIpc) is 2.57. The molecular formula is C18H28N2O3. The number of amides is 1. The van der Waals surface area contributed by atoms with Gasteiger partial charge in [0, 0.05) is 25.7 Å². The Bertz CT molecular complexity index is 495. The molecule has 0 saturated heterocycles. The first-order chi connectivity index (χ1) is 11.0. The molecule has 0 saturated carbocycles. The number of carbonyl (C=O) groups is 2. The van der Waals surface area contributed by atoms with Crippen molar-refractivity contribution >= 4 is 11.9 Å². The molecule has 0 heterocycles. The smallest absolute Gasteiger partial charge is 0.307 e. The van der Waals surface area contributed by atoms with Crippen molar-refractivity contribution in [3.05, 3.63) is 35.4 Å². The van der Waals surface area contributed by atoms with Gasteiger partial charge in [-0.25, -0.2) is 0 Å². The third-order valence-electron chi connectivity index (χ3n) is 3.80. The zero-order valence-electron chi connectivity index (χ0n) is 14.7. The van der Waals surface area contributed by atoms with E-state index in [1.807, 2.05) is 24.3 Å².